The highest BCUT2D eigenvalue weighted by molar-refractivity contribution is 7.33. The summed E-state index contributed by atoms with van der Waals surface area (Å²) in [5.41, 5.74) is 11.9. The second-order valence-corrected chi connectivity index (χ2v) is 32.4. The Kier molecular flexibility index (Phi) is 21.6. The maximum atomic E-state index is 2.44. The summed E-state index contributed by atoms with van der Waals surface area (Å²) >= 11 is 17.5. The number of thiophene rings is 9. The zero-order valence-electron chi connectivity index (χ0n) is 49.9. The molecular weight excluding hydrogens is 1200 g/mol. The molecule has 9 aromatic heterocycles. The van der Waals surface area contributed by atoms with Crippen molar-refractivity contribution >= 4 is 147 Å². The van der Waals surface area contributed by atoms with Crippen molar-refractivity contribution in [3.05, 3.63) is 160 Å². The summed E-state index contributed by atoms with van der Waals surface area (Å²) in [5, 5.41) is 7.27. The molecule has 1 nitrogen and oxygen atoms in total. The molecule has 12 rings (SSSR count). The molecular formula is C75H81NS9. The van der Waals surface area contributed by atoms with E-state index in [2.05, 4.69) is 169 Å². The third kappa shape index (κ3) is 15.0. The van der Waals surface area contributed by atoms with Crippen LogP contribution in [0.2, 0.25) is 0 Å². The number of hydrogen-bond donors (Lipinski definition) is 0. The summed E-state index contributed by atoms with van der Waals surface area (Å²) in [5.74, 6) is 0. The molecule has 0 saturated carbocycles. The summed E-state index contributed by atoms with van der Waals surface area (Å²) in [6.45, 7) is 6.91. The molecule has 0 aliphatic rings. The van der Waals surface area contributed by atoms with E-state index >= 15 is 0 Å². The van der Waals surface area contributed by atoms with Crippen molar-refractivity contribution in [2.45, 2.75) is 175 Å². The Labute approximate surface area is 542 Å². The molecule has 0 aliphatic carbocycles. The Morgan fingerprint density at radius 3 is 0.800 bits per heavy atom. The van der Waals surface area contributed by atoms with Gasteiger partial charge in [-0.2, -0.15) is 0 Å². The molecule has 0 unspecified atom stereocenters. The largest absolute Gasteiger partial charge is 0.311 e. The van der Waals surface area contributed by atoms with Crippen LogP contribution >= 0.6 is 102 Å². The van der Waals surface area contributed by atoms with E-state index in [0.29, 0.717) is 0 Å². The molecule has 0 spiro atoms. The Morgan fingerprint density at radius 2 is 0.518 bits per heavy atom. The van der Waals surface area contributed by atoms with Gasteiger partial charge in [0.05, 0.1) is 0 Å². The molecule has 0 fully saturated rings. The maximum absolute atomic E-state index is 2.44. The minimum absolute atomic E-state index is 1.15. The number of unbranched alkanes of at least 4 members (excludes halogenated alkanes) is 18. The third-order valence-corrected chi connectivity index (χ3v) is 27.8. The first-order valence-corrected chi connectivity index (χ1v) is 39.5. The predicted molar refractivity (Wildman–Crippen MR) is 392 cm³/mol. The highest BCUT2D eigenvalue weighted by Crippen LogP contribution is 2.48. The molecule has 10 heteroatoms. The molecule has 3 aromatic carbocycles. The van der Waals surface area contributed by atoms with Crippen LogP contribution in [0.4, 0.5) is 17.1 Å². The van der Waals surface area contributed by atoms with Crippen LogP contribution < -0.4 is 4.90 Å². The van der Waals surface area contributed by atoms with Gasteiger partial charge in [-0.1, -0.05) is 173 Å². The van der Waals surface area contributed by atoms with Gasteiger partial charge in [-0.15, -0.1) is 102 Å². The van der Waals surface area contributed by atoms with Gasteiger partial charge in [0.1, 0.15) is 0 Å². The van der Waals surface area contributed by atoms with Gasteiger partial charge in [0.2, 0.25) is 0 Å². The first-order chi connectivity index (χ1) is 42.0. The van der Waals surface area contributed by atoms with Crippen LogP contribution in [0.15, 0.2) is 144 Å². The van der Waals surface area contributed by atoms with E-state index in [4.69, 9.17) is 0 Å². The molecule has 9 heterocycles. The number of rotatable bonds is 33. The van der Waals surface area contributed by atoms with Gasteiger partial charge in [-0.3, -0.25) is 0 Å². The first-order valence-electron chi connectivity index (χ1n) is 31.9. The first kappa shape index (κ1) is 60.8. The van der Waals surface area contributed by atoms with Crippen molar-refractivity contribution in [2.75, 3.05) is 4.90 Å². The van der Waals surface area contributed by atoms with E-state index in [1.807, 2.05) is 102 Å². The van der Waals surface area contributed by atoms with Gasteiger partial charge in [0.25, 0.3) is 0 Å². The zero-order valence-corrected chi connectivity index (χ0v) is 57.3. The lowest BCUT2D eigenvalue weighted by atomic mass is 10.1. The van der Waals surface area contributed by atoms with E-state index in [1.54, 1.807) is 16.7 Å². The van der Waals surface area contributed by atoms with E-state index in [0.717, 1.165) is 17.1 Å². The molecule has 440 valence electrons. The lowest BCUT2D eigenvalue weighted by Gasteiger charge is -2.26. The Morgan fingerprint density at radius 1 is 0.259 bits per heavy atom. The number of benzene rings is 3. The number of aryl methyl sites for hydroxylation is 3. The van der Waals surface area contributed by atoms with Crippen LogP contribution in [0.25, 0.3) is 88.8 Å². The van der Waals surface area contributed by atoms with Crippen LogP contribution in [-0.4, -0.2) is 0 Å². The minimum Gasteiger partial charge on any atom is -0.311 e. The predicted octanol–water partition coefficient (Wildman–Crippen LogP) is 29.1. The molecule has 12 aromatic rings. The minimum atomic E-state index is 1.15. The van der Waals surface area contributed by atoms with Crippen molar-refractivity contribution in [3.8, 4) is 60.6 Å². The number of nitrogens with zero attached hydrogens (tertiary/aromatic N) is 1. The van der Waals surface area contributed by atoms with Crippen LogP contribution in [-0.2, 0) is 19.3 Å². The fourth-order valence-corrected chi connectivity index (χ4v) is 22.6. The second kappa shape index (κ2) is 30.2. The summed E-state index contributed by atoms with van der Waals surface area (Å²) in [6, 6.07) is 49.3. The fraction of sp³-hybridized carbons (Fsp3) is 0.360. The smallest absolute Gasteiger partial charge is 0.0489 e. The Bertz CT molecular complexity index is 3550. The molecule has 0 amide bonds. The molecule has 0 saturated heterocycles. The Hall–Kier alpha value is -4.46. The zero-order chi connectivity index (χ0) is 57.7. The lowest BCUT2D eigenvalue weighted by molar-refractivity contribution is 0.590. The highest BCUT2D eigenvalue weighted by atomic mass is 32.1. The molecule has 0 atom stereocenters. The second-order valence-electron chi connectivity index (χ2n) is 23.3. The molecule has 0 N–H and O–H groups in total. The summed E-state index contributed by atoms with van der Waals surface area (Å²) in [4.78, 5) is 14.7. The van der Waals surface area contributed by atoms with Crippen molar-refractivity contribution in [3.63, 3.8) is 0 Å². The van der Waals surface area contributed by atoms with Crippen LogP contribution in [0.5, 0.6) is 0 Å². The number of anilines is 3. The Balaban J connectivity index is 0.760. The van der Waals surface area contributed by atoms with Gasteiger partial charge in [-0.25, -0.2) is 0 Å². The van der Waals surface area contributed by atoms with Crippen LogP contribution in [0.1, 0.15) is 172 Å². The van der Waals surface area contributed by atoms with E-state index < -0.39 is 0 Å². The molecule has 0 radical (unpaired) electrons. The van der Waals surface area contributed by atoms with E-state index in [-0.39, 0.29) is 0 Å². The molecule has 85 heavy (non-hydrogen) atoms. The average Bonchev–Trinajstić information content (AvgIpc) is 3.84. The van der Waals surface area contributed by atoms with Gasteiger partial charge < -0.3 is 4.90 Å². The SMILES string of the molecule is CCCCCCCCCc1csc2cc(-c3ccc(-c4ccc(N(c5ccc(-c6ccc(-c7cc8scc(CCCCCCCCC)c8s7)s6)cc5)c5ccc(-c6ccc(-c7cc8scc(CCCCCCCCC)c8s7)s6)cc5)cc4)s3)sc12. The normalized spacial score (nSPS) is 11.9. The van der Waals surface area contributed by atoms with Crippen molar-refractivity contribution in [2.24, 2.45) is 0 Å². The van der Waals surface area contributed by atoms with Gasteiger partial charge >= 0.3 is 0 Å². The lowest BCUT2D eigenvalue weighted by Crippen LogP contribution is -2.09. The monoisotopic (exact) mass is 1280 g/mol. The van der Waals surface area contributed by atoms with E-state index in [1.165, 1.54) is 243 Å². The average molecular weight is 1290 g/mol. The van der Waals surface area contributed by atoms with Crippen molar-refractivity contribution < 1.29 is 0 Å². The fourth-order valence-electron chi connectivity index (χ4n) is 12.0. The van der Waals surface area contributed by atoms with E-state index in [9.17, 15) is 0 Å². The topological polar surface area (TPSA) is 3.24 Å². The quantitative estimate of drug-likeness (QED) is 0.0371. The van der Waals surface area contributed by atoms with Crippen molar-refractivity contribution in [1.82, 2.24) is 0 Å². The molecule has 0 aliphatic heterocycles. The van der Waals surface area contributed by atoms with Crippen molar-refractivity contribution in [1.29, 1.82) is 0 Å². The van der Waals surface area contributed by atoms with Crippen LogP contribution in [0, 0.1) is 0 Å². The van der Waals surface area contributed by atoms with Gasteiger partial charge in [0, 0.05) is 89.2 Å². The number of hydrogen-bond acceptors (Lipinski definition) is 10. The third-order valence-electron chi connectivity index (χ3n) is 16.9. The number of fused-ring (bicyclic) bond motifs is 3. The van der Waals surface area contributed by atoms with Crippen LogP contribution in [0.3, 0.4) is 0 Å². The standard InChI is InChI=1S/C75H81NS9/c1-4-7-10-13-16-19-22-25-55-49-77-70-46-67(83-73(55)70)64-43-40-61(80-64)52-28-34-58(35-29-52)76(59-36-30-53(31-37-59)62-41-44-65(81-62)68-47-71-74(84-68)56(50-78-71)26-23-20-17-14-11-8-5-2)60-38-32-54(33-39-60)63-42-45-66(82-63)69-48-72-75(85-69)57(51-79-72)27-24-21-18-15-12-9-6-3/h28-51H,4-27H2,1-3H3. The van der Waals surface area contributed by atoms with Gasteiger partial charge in [0.15, 0.2) is 0 Å². The summed E-state index contributed by atoms with van der Waals surface area (Å²) in [6.07, 6.45) is 32.1. The molecule has 0 bridgehead atoms. The highest BCUT2D eigenvalue weighted by Gasteiger charge is 2.19. The maximum Gasteiger partial charge on any atom is 0.0489 e. The summed E-state index contributed by atoms with van der Waals surface area (Å²) < 4.78 is 8.86. The van der Waals surface area contributed by atoms with Gasteiger partial charge in [-0.05, 0) is 179 Å². The summed E-state index contributed by atoms with van der Waals surface area (Å²) in [7, 11) is 0.